The Hall–Kier alpha value is -2.08. The number of aromatic hydroxyl groups is 1. The van der Waals surface area contributed by atoms with E-state index >= 15 is 0 Å². The van der Waals surface area contributed by atoms with Crippen LogP contribution in [0.15, 0.2) is 53.0 Å². The Kier molecular flexibility index (Phi) is 7.75. The maximum absolute atomic E-state index is 9.70. The number of halogens is 3. The zero-order chi connectivity index (χ0) is 21.7. The number of benzene rings is 3. The van der Waals surface area contributed by atoms with Gasteiger partial charge in [0.15, 0.2) is 17.2 Å². The highest BCUT2D eigenvalue weighted by Gasteiger charge is 2.12. The normalized spacial score (nSPS) is 10.7. The number of aryl methyl sites for hydroxylation is 1. The van der Waals surface area contributed by atoms with Gasteiger partial charge in [-0.2, -0.15) is 0 Å². The van der Waals surface area contributed by atoms with Crippen molar-refractivity contribution in [1.82, 2.24) is 0 Å². The van der Waals surface area contributed by atoms with Crippen molar-refractivity contribution in [3.8, 4) is 17.2 Å². The maximum Gasteiger partial charge on any atom is 0.162 e. The van der Waals surface area contributed by atoms with Gasteiger partial charge in [-0.15, -0.1) is 0 Å². The van der Waals surface area contributed by atoms with E-state index in [0.717, 1.165) is 15.6 Å². The molecule has 158 valence electrons. The third-order valence-corrected chi connectivity index (χ3v) is 5.70. The molecule has 3 aromatic rings. The third kappa shape index (κ3) is 5.75. The zero-order valence-corrected chi connectivity index (χ0v) is 19.7. The molecule has 0 heterocycles. The second-order valence-electron chi connectivity index (χ2n) is 6.74. The fourth-order valence-electron chi connectivity index (χ4n) is 2.92. The Labute approximate surface area is 194 Å². The van der Waals surface area contributed by atoms with E-state index in [1.54, 1.807) is 12.1 Å². The summed E-state index contributed by atoms with van der Waals surface area (Å²) in [6.07, 6.45) is 0. The molecule has 0 bridgehead atoms. The van der Waals surface area contributed by atoms with Crippen LogP contribution in [0.25, 0.3) is 0 Å². The Bertz CT molecular complexity index is 1020. The second kappa shape index (κ2) is 10.3. The number of phenolic OH excluding ortho intramolecular Hbond substituents is 1. The molecular weight excluding hydrogens is 489 g/mol. The summed E-state index contributed by atoms with van der Waals surface area (Å²) in [5, 5.41) is 13.3. The number of phenols is 1. The van der Waals surface area contributed by atoms with Crippen LogP contribution in [0.2, 0.25) is 10.0 Å². The highest BCUT2D eigenvalue weighted by molar-refractivity contribution is 9.10. The van der Waals surface area contributed by atoms with Gasteiger partial charge in [0.25, 0.3) is 0 Å². The van der Waals surface area contributed by atoms with E-state index in [0.29, 0.717) is 36.9 Å². The van der Waals surface area contributed by atoms with Gasteiger partial charge in [-0.1, -0.05) is 69.0 Å². The topological polar surface area (TPSA) is 50.7 Å². The molecule has 0 aliphatic carbocycles. The van der Waals surface area contributed by atoms with Crippen LogP contribution in [0.5, 0.6) is 17.2 Å². The Morgan fingerprint density at radius 1 is 1.00 bits per heavy atom. The predicted molar refractivity (Wildman–Crippen MR) is 126 cm³/mol. The summed E-state index contributed by atoms with van der Waals surface area (Å²) < 4.78 is 12.7. The maximum atomic E-state index is 9.70. The number of anilines is 1. The van der Waals surface area contributed by atoms with Gasteiger partial charge in [-0.05, 0) is 49.2 Å². The molecule has 0 spiro atoms. The highest BCUT2D eigenvalue weighted by Crippen LogP contribution is 2.37. The average Bonchev–Trinajstić information content (AvgIpc) is 2.71. The molecule has 0 radical (unpaired) electrons. The van der Waals surface area contributed by atoms with Gasteiger partial charge in [0.05, 0.1) is 16.7 Å². The van der Waals surface area contributed by atoms with Crippen LogP contribution in [-0.2, 0) is 13.2 Å². The monoisotopic (exact) mass is 509 g/mol. The highest BCUT2D eigenvalue weighted by atomic mass is 79.9. The van der Waals surface area contributed by atoms with E-state index in [2.05, 4.69) is 40.3 Å². The van der Waals surface area contributed by atoms with Crippen molar-refractivity contribution in [1.29, 1.82) is 0 Å². The van der Waals surface area contributed by atoms with Gasteiger partial charge in [-0.3, -0.25) is 0 Å². The fourth-order valence-corrected chi connectivity index (χ4v) is 3.87. The summed E-state index contributed by atoms with van der Waals surface area (Å²) in [5.74, 6) is 1.22. The molecule has 3 rings (SSSR count). The van der Waals surface area contributed by atoms with E-state index in [9.17, 15) is 5.11 Å². The van der Waals surface area contributed by atoms with E-state index in [-0.39, 0.29) is 15.8 Å². The smallest absolute Gasteiger partial charge is 0.162 e. The van der Waals surface area contributed by atoms with Crippen LogP contribution >= 0.6 is 39.1 Å². The quantitative estimate of drug-likeness (QED) is 0.311. The zero-order valence-electron chi connectivity index (χ0n) is 16.6. The molecule has 30 heavy (non-hydrogen) atoms. The van der Waals surface area contributed by atoms with Crippen LogP contribution in [0, 0.1) is 6.92 Å². The van der Waals surface area contributed by atoms with Gasteiger partial charge in [-0.25, -0.2) is 0 Å². The third-order valence-electron chi connectivity index (χ3n) is 4.39. The van der Waals surface area contributed by atoms with Crippen molar-refractivity contribution in [3.63, 3.8) is 0 Å². The fraction of sp³-hybridized carbons (Fsp3) is 0.217. The molecule has 0 fully saturated rings. The SMILES string of the molecule is CCOc1cc(CNc2cc(Cl)c(O)c(Cl)c2)c(Br)cc1OCc1cccc(C)c1. The first-order chi connectivity index (χ1) is 14.4. The van der Waals surface area contributed by atoms with E-state index in [1.807, 2.05) is 31.2 Å². The first-order valence-corrected chi connectivity index (χ1v) is 11.0. The molecule has 2 N–H and O–H groups in total. The number of ether oxygens (including phenoxy) is 2. The van der Waals surface area contributed by atoms with E-state index in [4.69, 9.17) is 32.7 Å². The summed E-state index contributed by atoms with van der Waals surface area (Å²) in [5.41, 5.74) is 3.97. The van der Waals surface area contributed by atoms with Crippen molar-refractivity contribution < 1.29 is 14.6 Å². The lowest BCUT2D eigenvalue weighted by Gasteiger charge is -2.16. The predicted octanol–water partition coefficient (Wildman–Crippen LogP) is 7.36. The standard InChI is InChI=1S/C23H22BrCl2NO3/c1-3-29-21-8-16(12-27-17-9-19(25)23(28)20(26)10-17)18(24)11-22(21)30-13-15-6-4-5-14(2)7-15/h4-11,27-28H,3,12-13H2,1-2H3. The Morgan fingerprint density at radius 2 is 1.70 bits per heavy atom. The minimum absolute atomic E-state index is 0.126. The molecule has 7 heteroatoms. The van der Waals surface area contributed by atoms with Crippen molar-refractivity contribution in [2.45, 2.75) is 27.0 Å². The second-order valence-corrected chi connectivity index (χ2v) is 8.41. The van der Waals surface area contributed by atoms with Gasteiger partial charge < -0.3 is 19.9 Å². The van der Waals surface area contributed by atoms with E-state index in [1.165, 1.54) is 5.56 Å². The van der Waals surface area contributed by atoms with Crippen LogP contribution in [0.4, 0.5) is 5.69 Å². The van der Waals surface area contributed by atoms with Crippen LogP contribution < -0.4 is 14.8 Å². The van der Waals surface area contributed by atoms with Crippen LogP contribution in [0.3, 0.4) is 0 Å². The van der Waals surface area contributed by atoms with Crippen molar-refractivity contribution in [3.05, 3.63) is 79.7 Å². The number of hydrogen-bond donors (Lipinski definition) is 2. The molecule has 0 unspecified atom stereocenters. The van der Waals surface area contributed by atoms with Crippen molar-refractivity contribution >= 4 is 44.8 Å². The lowest BCUT2D eigenvalue weighted by molar-refractivity contribution is 0.269. The first kappa shape index (κ1) is 22.6. The lowest BCUT2D eigenvalue weighted by Crippen LogP contribution is -2.04. The molecule has 0 aliphatic heterocycles. The molecule has 3 aromatic carbocycles. The average molecular weight is 511 g/mol. The summed E-state index contributed by atoms with van der Waals surface area (Å²) in [6, 6.07) is 15.3. The van der Waals surface area contributed by atoms with Gasteiger partial charge in [0.2, 0.25) is 0 Å². The van der Waals surface area contributed by atoms with Crippen molar-refractivity contribution in [2.75, 3.05) is 11.9 Å². The summed E-state index contributed by atoms with van der Waals surface area (Å²) in [4.78, 5) is 0. The molecule has 4 nitrogen and oxygen atoms in total. The molecule has 0 saturated heterocycles. The summed E-state index contributed by atoms with van der Waals surface area (Å²) in [6.45, 7) is 5.47. The number of hydrogen-bond acceptors (Lipinski definition) is 4. The van der Waals surface area contributed by atoms with Crippen LogP contribution in [0.1, 0.15) is 23.6 Å². The van der Waals surface area contributed by atoms with Gasteiger partial charge in [0, 0.05) is 16.7 Å². The Morgan fingerprint density at radius 3 is 2.37 bits per heavy atom. The minimum atomic E-state index is -0.126. The Balaban J connectivity index is 1.76. The first-order valence-electron chi connectivity index (χ1n) is 9.42. The molecule has 0 aliphatic rings. The van der Waals surface area contributed by atoms with Crippen molar-refractivity contribution in [2.24, 2.45) is 0 Å². The number of rotatable bonds is 8. The van der Waals surface area contributed by atoms with E-state index < -0.39 is 0 Å². The molecule has 0 amide bonds. The molecular formula is C23H22BrCl2NO3. The molecule has 0 aromatic heterocycles. The largest absolute Gasteiger partial charge is 0.505 e. The van der Waals surface area contributed by atoms with Crippen LogP contribution in [-0.4, -0.2) is 11.7 Å². The van der Waals surface area contributed by atoms with Gasteiger partial charge >= 0.3 is 0 Å². The minimum Gasteiger partial charge on any atom is -0.505 e. The lowest BCUT2D eigenvalue weighted by atomic mass is 10.1. The van der Waals surface area contributed by atoms with Gasteiger partial charge in [0.1, 0.15) is 6.61 Å². The molecule has 0 saturated carbocycles. The molecule has 0 atom stereocenters. The number of nitrogens with one attached hydrogen (secondary N) is 1. The summed E-state index contributed by atoms with van der Waals surface area (Å²) in [7, 11) is 0. The summed E-state index contributed by atoms with van der Waals surface area (Å²) >= 11 is 15.6.